The lowest BCUT2D eigenvalue weighted by Crippen LogP contribution is -2.16. The van der Waals surface area contributed by atoms with E-state index in [9.17, 15) is 0 Å². The second-order valence-corrected chi connectivity index (χ2v) is 5.93. The van der Waals surface area contributed by atoms with Gasteiger partial charge in [-0.3, -0.25) is 10.9 Å². The fraction of sp³-hybridized carbons (Fsp3) is 0.222. The highest BCUT2D eigenvalue weighted by Gasteiger charge is 2.06. The van der Waals surface area contributed by atoms with Crippen molar-refractivity contribution in [3.05, 3.63) is 58.6 Å². The number of hydrogen-bond acceptors (Lipinski definition) is 4. The summed E-state index contributed by atoms with van der Waals surface area (Å²) in [7, 11) is 0. The van der Waals surface area contributed by atoms with Crippen LogP contribution in [0, 0.1) is 0 Å². The first-order chi connectivity index (χ1) is 11.6. The van der Waals surface area contributed by atoms with Crippen molar-refractivity contribution in [2.75, 3.05) is 10.9 Å². The van der Waals surface area contributed by atoms with Crippen LogP contribution in [0.1, 0.15) is 26.7 Å². The van der Waals surface area contributed by atoms with Gasteiger partial charge in [0.25, 0.3) is 0 Å². The molecule has 6 heteroatoms. The summed E-state index contributed by atoms with van der Waals surface area (Å²) in [6.45, 7) is 4.10. The Balaban J connectivity index is 2.09. The summed E-state index contributed by atoms with van der Waals surface area (Å²) in [6, 6.07) is 14.8. The minimum absolute atomic E-state index is 0.697. The van der Waals surface area contributed by atoms with Crippen LogP contribution in [0.2, 0.25) is 10.0 Å². The van der Waals surface area contributed by atoms with E-state index in [1.165, 1.54) is 0 Å². The van der Waals surface area contributed by atoms with Gasteiger partial charge in [-0.05, 0) is 61.4 Å². The molecule has 0 saturated carbocycles. The largest absolute Gasteiger partial charge is 0.278 e. The van der Waals surface area contributed by atoms with Crippen LogP contribution in [-0.4, -0.2) is 11.4 Å². The summed E-state index contributed by atoms with van der Waals surface area (Å²) in [5.74, 6) is 0. The van der Waals surface area contributed by atoms with Crippen LogP contribution in [0.25, 0.3) is 0 Å². The molecule has 0 aliphatic rings. The van der Waals surface area contributed by atoms with E-state index in [2.05, 4.69) is 34.9 Å². The predicted molar refractivity (Wildman–Crippen MR) is 106 cm³/mol. The average molecular weight is 363 g/mol. The zero-order valence-corrected chi connectivity index (χ0v) is 15.2. The van der Waals surface area contributed by atoms with E-state index in [1.807, 2.05) is 48.5 Å². The Labute approximate surface area is 152 Å². The van der Waals surface area contributed by atoms with Gasteiger partial charge >= 0.3 is 0 Å². The Bertz CT molecular complexity index is 643. The molecular formula is C18H20Cl2N4. The van der Waals surface area contributed by atoms with Crippen molar-refractivity contribution < 1.29 is 0 Å². The molecule has 2 N–H and O–H groups in total. The van der Waals surface area contributed by atoms with Crippen LogP contribution in [0.15, 0.2) is 58.7 Å². The second kappa shape index (κ2) is 9.30. The topological polar surface area (TPSA) is 48.8 Å². The van der Waals surface area contributed by atoms with Crippen molar-refractivity contribution in [3.8, 4) is 0 Å². The fourth-order valence-corrected chi connectivity index (χ4v) is 2.26. The lowest BCUT2D eigenvalue weighted by atomic mass is 10.1. The number of anilines is 2. The van der Waals surface area contributed by atoms with Gasteiger partial charge in [-0.2, -0.15) is 10.2 Å². The van der Waals surface area contributed by atoms with E-state index in [0.29, 0.717) is 10.0 Å². The Morgan fingerprint density at radius 1 is 0.708 bits per heavy atom. The molecule has 0 bridgehead atoms. The van der Waals surface area contributed by atoms with E-state index < -0.39 is 0 Å². The molecule has 126 valence electrons. The lowest BCUT2D eigenvalue weighted by molar-refractivity contribution is 1.19. The van der Waals surface area contributed by atoms with Crippen LogP contribution in [0.5, 0.6) is 0 Å². The van der Waals surface area contributed by atoms with Crippen LogP contribution >= 0.6 is 23.2 Å². The summed E-state index contributed by atoms with van der Waals surface area (Å²) in [6.07, 6.45) is 1.55. The summed E-state index contributed by atoms with van der Waals surface area (Å²) < 4.78 is 0. The molecule has 0 aliphatic carbocycles. The molecule has 0 spiro atoms. The summed E-state index contributed by atoms with van der Waals surface area (Å²) in [5.41, 5.74) is 9.65. The van der Waals surface area contributed by atoms with Gasteiger partial charge in [0.05, 0.1) is 22.8 Å². The molecule has 2 aromatic carbocycles. The normalized spacial score (nSPS) is 12.2. The van der Waals surface area contributed by atoms with Crippen LogP contribution < -0.4 is 10.9 Å². The molecule has 0 amide bonds. The highest BCUT2D eigenvalue weighted by molar-refractivity contribution is 6.42. The van der Waals surface area contributed by atoms with Crippen LogP contribution in [0.3, 0.4) is 0 Å². The zero-order chi connectivity index (χ0) is 17.4. The molecule has 0 aromatic heterocycles. The molecule has 0 saturated heterocycles. The van der Waals surface area contributed by atoms with Gasteiger partial charge in [0.15, 0.2) is 0 Å². The fourth-order valence-electron chi connectivity index (χ4n) is 2.01. The maximum absolute atomic E-state index is 5.88. The quantitative estimate of drug-likeness (QED) is 0.465. The van der Waals surface area contributed by atoms with E-state index in [-0.39, 0.29) is 0 Å². The Morgan fingerprint density at radius 3 is 1.33 bits per heavy atom. The Kier molecular flexibility index (Phi) is 7.09. The maximum Gasteiger partial charge on any atom is 0.0836 e. The second-order valence-electron chi connectivity index (χ2n) is 5.06. The Hall–Kier alpha value is -2.04. The number of hydrazone groups is 2. The van der Waals surface area contributed by atoms with Gasteiger partial charge in [0, 0.05) is 10.0 Å². The minimum Gasteiger partial charge on any atom is -0.278 e. The molecule has 2 aromatic rings. The Morgan fingerprint density at radius 2 is 1.04 bits per heavy atom. The third-order valence-corrected chi connectivity index (χ3v) is 3.84. The number of nitrogens with one attached hydrogen (secondary N) is 2. The standard InChI is InChI=1S/C18H20Cl2N4/c1-3-17(23-21-15-9-5-13(19)6-10-15)18(4-2)24-22-16-11-7-14(20)8-12-16/h5-12,21-22H,3-4H2,1-2H3/b23-17+,24-18+. The predicted octanol–water partition coefficient (Wildman–Crippen LogP) is 6.05. The van der Waals surface area contributed by atoms with Crippen molar-refractivity contribution in [1.29, 1.82) is 0 Å². The van der Waals surface area contributed by atoms with E-state index in [1.54, 1.807) is 0 Å². The lowest BCUT2D eigenvalue weighted by Gasteiger charge is -2.09. The zero-order valence-electron chi connectivity index (χ0n) is 13.7. The molecule has 0 unspecified atom stereocenters. The minimum atomic E-state index is 0.697. The molecule has 0 heterocycles. The molecule has 24 heavy (non-hydrogen) atoms. The van der Waals surface area contributed by atoms with Crippen molar-refractivity contribution in [3.63, 3.8) is 0 Å². The molecule has 0 fully saturated rings. The average Bonchev–Trinajstić information content (AvgIpc) is 2.60. The smallest absolute Gasteiger partial charge is 0.0836 e. The highest BCUT2D eigenvalue weighted by Crippen LogP contribution is 2.15. The SMILES string of the molecule is CCC(=N\Nc1ccc(Cl)cc1)/C(CC)=N/Nc1ccc(Cl)cc1. The molecule has 0 atom stereocenters. The maximum atomic E-state index is 5.88. The first-order valence-electron chi connectivity index (χ1n) is 7.79. The van der Waals surface area contributed by atoms with E-state index in [4.69, 9.17) is 23.2 Å². The molecular weight excluding hydrogens is 343 g/mol. The number of benzene rings is 2. The van der Waals surface area contributed by atoms with Crippen molar-refractivity contribution in [2.45, 2.75) is 26.7 Å². The molecule has 0 radical (unpaired) electrons. The monoisotopic (exact) mass is 362 g/mol. The van der Waals surface area contributed by atoms with Crippen molar-refractivity contribution in [2.24, 2.45) is 10.2 Å². The number of halogens is 2. The van der Waals surface area contributed by atoms with Gasteiger partial charge in [0.1, 0.15) is 0 Å². The third kappa shape index (κ3) is 5.55. The van der Waals surface area contributed by atoms with E-state index >= 15 is 0 Å². The third-order valence-electron chi connectivity index (χ3n) is 3.33. The first kappa shape index (κ1) is 18.3. The van der Waals surface area contributed by atoms with Gasteiger partial charge in [0.2, 0.25) is 0 Å². The van der Waals surface area contributed by atoms with Gasteiger partial charge in [-0.1, -0.05) is 37.0 Å². The summed E-state index contributed by atoms with van der Waals surface area (Å²) in [5, 5.41) is 10.3. The van der Waals surface area contributed by atoms with Crippen molar-refractivity contribution in [1.82, 2.24) is 0 Å². The first-order valence-corrected chi connectivity index (χ1v) is 8.54. The summed E-state index contributed by atoms with van der Waals surface area (Å²) >= 11 is 11.8. The van der Waals surface area contributed by atoms with Gasteiger partial charge < -0.3 is 0 Å². The number of nitrogens with zero attached hydrogens (tertiary/aromatic N) is 2. The molecule has 2 rings (SSSR count). The number of rotatable bonds is 7. The van der Waals surface area contributed by atoms with Crippen LogP contribution in [0.4, 0.5) is 11.4 Å². The van der Waals surface area contributed by atoms with Gasteiger partial charge in [-0.25, -0.2) is 0 Å². The van der Waals surface area contributed by atoms with E-state index in [0.717, 1.165) is 35.6 Å². The molecule has 0 aliphatic heterocycles. The van der Waals surface area contributed by atoms with Crippen LogP contribution in [-0.2, 0) is 0 Å². The van der Waals surface area contributed by atoms with Gasteiger partial charge in [-0.15, -0.1) is 0 Å². The summed E-state index contributed by atoms with van der Waals surface area (Å²) in [4.78, 5) is 0. The molecule has 4 nitrogen and oxygen atoms in total. The van der Waals surface area contributed by atoms with Crippen molar-refractivity contribution >= 4 is 46.0 Å². The number of hydrogen-bond donors (Lipinski definition) is 2. The highest BCUT2D eigenvalue weighted by atomic mass is 35.5.